The summed E-state index contributed by atoms with van der Waals surface area (Å²) in [5.74, 6) is -1.83. The third-order valence-corrected chi connectivity index (χ3v) is 3.54. The molecule has 1 aromatic carbocycles. The number of carboxylic acids is 1. The Morgan fingerprint density at radius 2 is 2.05 bits per heavy atom. The first-order valence-electron chi connectivity index (χ1n) is 7.50. The van der Waals surface area contributed by atoms with Crippen molar-refractivity contribution in [3.63, 3.8) is 0 Å². The SMILES string of the molecule is C=C(C)CC(C)C(=O)NCC(Cc1cccc(C)c1)C(=O)O. The lowest BCUT2D eigenvalue weighted by Crippen LogP contribution is -2.36. The molecule has 4 nitrogen and oxygen atoms in total. The van der Waals surface area contributed by atoms with Crippen LogP contribution in [0.5, 0.6) is 0 Å². The highest BCUT2D eigenvalue weighted by Crippen LogP contribution is 2.12. The van der Waals surface area contributed by atoms with Crippen LogP contribution in [0.1, 0.15) is 31.4 Å². The van der Waals surface area contributed by atoms with E-state index in [9.17, 15) is 14.7 Å². The van der Waals surface area contributed by atoms with Crippen molar-refractivity contribution in [1.82, 2.24) is 5.32 Å². The van der Waals surface area contributed by atoms with E-state index in [1.54, 1.807) is 0 Å². The monoisotopic (exact) mass is 303 g/mol. The smallest absolute Gasteiger partial charge is 0.308 e. The van der Waals surface area contributed by atoms with Crippen LogP contribution >= 0.6 is 0 Å². The zero-order valence-corrected chi connectivity index (χ0v) is 13.6. The van der Waals surface area contributed by atoms with Gasteiger partial charge in [0.05, 0.1) is 5.92 Å². The van der Waals surface area contributed by atoms with Crippen LogP contribution in [0, 0.1) is 18.8 Å². The van der Waals surface area contributed by atoms with Gasteiger partial charge in [-0.2, -0.15) is 0 Å². The molecule has 2 unspecified atom stereocenters. The molecule has 0 heterocycles. The maximum Gasteiger partial charge on any atom is 0.308 e. The van der Waals surface area contributed by atoms with Crippen LogP contribution < -0.4 is 5.32 Å². The highest BCUT2D eigenvalue weighted by Gasteiger charge is 2.20. The fourth-order valence-corrected chi connectivity index (χ4v) is 2.38. The summed E-state index contributed by atoms with van der Waals surface area (Å²) in [7, 11) is 0. The molecule has 1 aromatic rings. The molecule has 2 atom stereocenters. The van der Waals surface area contributed by atoms with Gasteiger partial charge < -0.3 is 10.4 Å². The van der Waals surface area contributed by atoms with Crippen molar-refractivity contribution in [3.05, 3.63) is 47.5 Å². The first-order chi connectivity index (χ1) is 10.3. The number of allylic oxidation sites excluding steroid dienone is 1. The van der Waals surface area contributed by atoms with Gasteiger partial charge in [0.1, 0.15) is 0 Å². The summed E-state index contributed by atoms with van der Waals surface area (Å²) in [6, 6.07) is 7.77. The number of hydrogen-bond acceptors (Lipinski definition) is 2. The Morgan fingerprint density at radius 1 is 1.36 bits per heavy atom. The molecule has 0 aliphatic carbocycles. The second-order valence-electron chi connectivity index (χ2n) is 6.04. The van der Waals surface area contributed by atoms with Gasteiger partial charge in [-0.15, -0.1) is 6.58 Å². The molecule has 1 rings (SSSR count). The number of amides is 1. The lowest BCUT2D eigenvalue weighted by molar-refractivity contribution is -0.141. The van der Waals surface area contributed by atoms with E-state index in [-0.39, 0.29) is 18.4 Å². The van der Waals surface area contributed by atoms with Crippen molar-refractivity contribution in [1.29, 1.82) is 0 Å². The molecule has 0 aliphatic rings. The average molecular weight is 303 g/mol. The number of carboxylic acid groups (broad SMARTS) is 1. The van der Waals surface area contributed by atoms with Gasteiger partial charge in [0.15, 0.2) is 0 Å². The van der Waals surface area contributed by atoms with Gasteiger partial charge in [0, 0.05) is 12.5 Å². The second-order valence-corrected chi connectivity index (χ2v) is 6.04. The van der Waals surface area contributed by atoms with Crippen LogP contribution in [0.2, 0.25) is 0 Å². The van der Waals surface area contributed by atoms with E-state index in [2.05, 4.69) is 11.9 Å². The van der Waals surface area contributed by atoms with Crippen LogP contribution in [0.3, 0.4) is 0 Å². The van der Waals surface area contributed by atoms with Crippen LogP contribution in [0.25, 0.3) is 0 Å². The number of aryl methyl sites for hydroxylation is 1. The maximum atomic E-state index is 12.0. The van der Waals surface area contributed by atoms with Gasteiger partial charge in [-0.3, -0.25) is 9.59 Å². The number of nitrogens with one attached hydrogen (secondary N) is 1. The van der Waals surface area contributed by atoms with E-state index >= 15 is 0 Å². The maximum absolute atomic E-state index is 12.0. The minimum atomic E-state index is -0.894. The Balaban J connectivity index is 2.60. The summed E-state index contributed by atoms with van der Waals surface area (Å²) in [5.41, 5.74) is 3.01. The van der Waals surface area contributed by atoms with Crippen LogP contribution in [-0.2, 0) is 16.0 Å². The first kappa shape index (κ1) is 18.0. The third kappa shape index (κ3) is 6.12. The minimum Gasteiger partial charge on any atom is -0.481 e. The van der Waals surface area contributed by atoms with Crippen molar-refractivity contribution in [2.24, 2.45) is 11.8 Å². The van der Waals surface area contributed by atoms with Gasteiger partial charge in [-0.25, -0.2) is 0 Å². The molecule has 22 heavy (non-hydrogen) atoms. The zero-order chi connectivity index (χ0) is 16.7. The van der Waals surface area contributed by atoms with Crippen molar-refractivity contribution in [2.45, 2.75) is 33.6 Å². The predicted molar refractivity (Wildman–Crippen MR) is 87.6 cm³/mol. The van der Waals surface area contributed by atoms with E-state index in [1.165, 1.54) is 0 Å². The van der Waals surface area contributed by atoms with Crippen LogP contribution in [0.4, 0.5) is 0 Å². The Hall–Kier alpha value is -2.10. The number of carbonyl (C=O) groups is 2. The largest absolute Gasteiger partial charge is 0.481 e. The van der Waals surface area contributed by atoms with E-state index in [4.69, 9.17) is 0 Å². The highest BCUT2D eigenvalue weighted by molar-refractivity contribution is 5.79. The summed E-state index contributed by atoms with van der Waals surface area (Å²) in [6.45, 7) is 9.60. The molecular formula is C18H25NO3. The summed E-state index contributed by atoms with van der Waals surface area (Å²) in [6.07, 6.45) is 1.02. The number of aliphatic carboxylic acids is 1. The Kier molecular flexibility index (Phi) is 6.83. The molecule has 0 fully saturated rings. The van der Waals surface area contributed by atoms with Gasteiger partial charge in [0.2, 0.25) is 5.91 Å². The average Bonchev–Trinajstić information content (AvgIpc) is 2.42. The lowest BCUT2D eigenvalue weighted by atomic mass is 9.97. The number of hydrogen-bond donors (Lipinski definition) is 2. The molecule has 2 N–H and O–H groups in total. The van der Waals surface area contributed by atoms with Crippen molar-refractivity contribution in [2.75, 3.05) is 6.54 Å². The lowest BCUT2D eigenvalue weighted by Gasteiger charge is -2.16. The molecule has 0 saturated carbocycles. The third-order valence-electron chi connectivity index (χ3n) is 3.54. The summed E-state index contributed by atoms with van der Waals surface area (Å²) >= 11 is 0. The molecule has 1 amide bonds. The minimum absolute atomic E-state index is 0.126. The first-order valence-corrected chi connectivity index (χ1v) is 7.50. The second kappa shape index (κ2) is 8.37. The molecule has 0 bridgehead atoms. The van der Waals surface area contributed by atoms with Crippen molar-refractivity contribution < 1.29 is 14.7 Å². The van der Waals surface area contributed by atoms with Crippen molar-refractivity contribution >= 4 is 11.9 Å². The molecule has 0 saturated heterocycles. The Bertz CT molecular complexity index is 551. The summed E-state index contributed by atoms with van der Waals surface area (Å²) < 4.78 is 0. The molecule has 4 heteroatoms. The van der Waals surface area contributed by atoms with E-state index in [0.717, 1.165) is 16.7 Å². The van der Waals surface area contributed by atoms with Gasteiger partial charge in [-0.1, -0.05) is 42.3 Å². The quantitative estimate of drug-likeness (QED) is 0.726. The molecule has 0 aromatic heterocycles. The molecule has 0 radical (unpaired) electrons. The molecule has 120 valence electrons. The van der Waals surface area contributed by atoms with Crippen LogP contribution in [0.15, 0.2) is 36.4 Å². The van der Waals surface area contributed by atoms with Crippen molar-refractivity contribution in [3.8, 4) is 0 Å². The van der Waals surface area contributed by atoms with E-state index in [1.807, 2.05) is 45.0 Å². The summed E-state index contributed by atoms with van der Waals surface area (Å²) in [4.78, 5) is 23.4. The number of carbonyl (C=O) groups excluding carboxylic acids is 1. The van der Waals surface area contributed by atoms with E-state index in [0.29, 0.717) is 12.8 Å². The standard InChI is InChI=1S/C18H25NO3/c1-12(2)8-14(4)17(20)19-11-16(18(21)22)10-15-7-5-6-13(3)9-15/h5-7,9,14,16H,1,8,10-11H2,2-4H3,(H,19,20)(H,21,22). The van der Waals surface area contributed by atoms with Gasteiger partial charge in [0.25, 0.3) is 0 Å². The number of rotatable bonds is 8. The van der Waals surface area contributed by atoms with E-state index < -0.39 is 11.9 Å². The zero-order valence-electron chi connectivity index (χ0n) is 13.6. The molecule has 0 spiro atoms. The molecular weight excluding hydrogens is 278 g/mol. The van der Waals surface area contributed by atoms with Gasteiger partial charge in [-0.05, 0) is 32.3 Å². The Morgan fingerprint density at radius 3 is 2.59 bits per heavy atom. The van der Waals surface area contributed by atoms with Gasteiger partial charge >= 0.3 is 5.97 Å². The Labute approximate surface area is 132 Å². The fourth-order valence-electron chi connectivity index (χ4n) is 2.38. The van der Waals surface area contributed by atoms with Crippen LogP contribution in [-0.4, -0.2) is 23.5 Å². The highest BCUT2D eigenvalue weighted by atomic mass is 16.4. The predicted octanol–water partition coefficient (Wildman–Crippen LogP) is 2.96. The topological polar surface area (TPSA) is 66.4 Å². The molecule has 0 aliphatic heterocycles. The fraction of sp³-hybridized carbons (Fsp3) is 0.444. The number of benzene rings is 1. The summed E-state index contributed by atoms with van der Waals surface area (Å²) in [5, 5.41) is 12.1. The normalized spacial score (nSPS) is 13.2.